The van der Waals surface area contributed by atoms with Gasteiger partial charge >= 0.3 is 0 Å². The number of halogens is 1. The number of morpholine rings is 1. The monoisotopic (exact) mass is 403 g/mol. The molecule has 4 rings (SSSR count). The average Bonchev–Trinajstić information content (AvgIpc) is 2.98. The molecule has 0 spiro atoms. The highest BCUT2D eigenvalue weighted by Gasteiger charge is 2.21. The highest BCUT2D eigenvalue weighted by molar-refractivity contribution is 6.31. The summed E-state index contributed by atoms with van der Waals surface area (Å²) in [6.45, 7) is 8.98. The smallest absolute Gasteiger partial charge is 0.242 e. The molecule has 0 unspecified atom stereocenters. The van der Waals surface area contributed by atoms with Crippen LogP contribution in [0.1, 0.15) is 30.5 Å². The number of aromatic nitrogens is 1. The predicted octanol–water partition coefficient (Wildman–Crippen LogP) is 3.49. The van der Waals surface area contributed by atoms with Gasteiger partial charge in [-0.2, -0.15) is 0 Å². The number of carbonyl (C=O) groups excluding carboxylic acids is 1. The van der Waals surface area contributed by atoms with Gasteiger partial charge in [0.2, 0.25) is 5.91 Å². The third kappa shape index (κ3) is 4.22. The summed E-state index contributed by atoms with van der Waals surface area (Å²) in [5, 5.41) is 1.93. The van der Waals surface area contributed by atoms with E-state index in [2.05, 4.69) is 28.5 Å². The number of likely N-dealkylation sites (tertiary alicyclic amines) is 1. The Morgan fingerprint density at radius 3 is 2.61 bits per heavy atom. The molecule has 1 aromatic carbocycles. The normalized spacial score (nSPS) is 18.7. The van der Waals surface area contributed by atoms with Gasteiger partial charge < -0.3 is 14.2 Å². The van der Waals surface area contributed by atoms with Gasteiger partial charge in [0.05, 0.1) is 13.2 Å². The van der Waals surface area contributed by atoms with Crippen LogP contribution in [0.4, 0.5) is 0 Å². The van der Waals surface area contributed by atoms with Crippen LogP contribution < -0.4 is 0 Å². The minimum Gasteiger partial charge on any atom is -0.379 e. The molecule has 0 bridgehead atoms. The Morgan fingerprint density at radius 2 is 1.86 bits per heavy atom. The maximum Gasteiger partial charge on any atom is 0.242 e. The Balaban J connectivity index is 1.58. The number of fused-ring (bicyclic) bond motifs is 1. The number of rotatable bonds is 5. The molecule has 0 aliphatic carbocycles. The molecule has 2 fully saturated rings. The van der Waals surface area contributed by atoms with Crippen molar-refractivity contribution in [1.29, 1.82) is 0 Å². The molecule has 0 N–H and O–H groups in total. The number of benzene rings is 1. The summed E-state index contributed by atoms with van der Waals surface area (Å²) in [5.41, 5.74) is 3.62. The Hall–Kier alpha value is -1.56. The van der Waals surface area contributed by atoms with Gasteiger partial charge in [-0.15, -0.1) is 0 Å². The number of carbonyl (C=O) groups is 1. The van der Waals surface area contributed by atoms with Crippen molar-refractivity contribution in [2.45, 2.75) is 39.2 Å². The first-order valence-electron chi connectivity index (χ1n) is 10.5. The van der Waals surface area contributed by atoms with Gasteiger partial charge in [0.15, 0.2) is 0 Å². The fourth-order valence-corrected chi connectivity index (χ4v) is 4.69. The fraction of sp³-hybridized carbons (Fsp3) is 0.591. The van der Waals surface area contributed by atoms with E-state index in [0.29, 0.717) is 6.54 Å². The molecule has 152 valence electrons. The zero-order valence-corrected chi connectivity index (χ0v) is 17.5. The van der Waals surface area contributed by atoms with E-state index in [1.807, 2.05) is 11.0 Å². The highest BCUT2D eigenvalue weighted by Crippen LogP contribution is 2.29. The van der Waals surface area contributed by atoms with Crippen LogP contribution in [0, 0.1) is 6.92 Å². The minimum atomic E-state index is 0.231. The first kappa shape index (κ1) is 19.7. The van der Waals surface area contributed by atoms with Gasteiger partial charge in [0.1, 0.15) is 6.54 Å². The van der Waals surface area contributed by atoms with Crippen LogP contribution in [0.3, 0.4) is 0 Å². The average molecular weight is 404 g/mol. The number of amides is 1. The molecular formula is C22H30ClN3O2. The topological polar surface area (TPSA) is 37.7 Å². The molecule has 2 aromatic rings. The van der Waals surface area contributed by atoms with Crippen molar-refractivity contribution in [1.82, 2.24) is 14.4 Å². The van der Waals surface area contributed by atoms with Gasteiger partial charge in [-0.25, -0.2) is 0 Å². The molecule has 2 saturated heterocycles. The van der Waals surface area contributed by atoms with Gasteiger partial charge in [0.25, 0.3) is 0 Å². The van der Waals surface area contributed by atoms with Crippen LogP contribution in [0.5, 0.6) is 0 Å². The molecule has 3 heterocycles. The van der Waals surface area contributed by atoms with Crippen LogP contribution in [-0.4, -0.2) is 66.2 Å². The van der Waals surface area contributed by atoms with Gasteiger partial charge in [-0.3, -0.25) is 9.69 Å². The zero-order chi connectivity index (χ0) is 19.5. The first-order valence-corrected chi connectivity index (χ1v) is 10.9. The summed E-state index contributed by atoms with van der Waals surface area (Å²) < 4.78 is 7.65. The first-order chi connectivity index (χ1) is 13.6. The van der Waals surface area contributed by atoms with Crippen molar-refractivity contribution in [2.24, 2.45) is 0 Å². The summed E-state index contributed by atoms with van der Waals surface area (Å²) in [7, 11) is 0. The molecule has 5 nitrogen and oxygen atoms in total. The summed E-state index contributed by atoms with van der Waals surface area (Å²) in [6, 6.07) is 6.05. The Bertz CT molecular complexity index is 836. The molecule has 0 atom stereocenters. The number of ether oxygens (including phenoxy) is 1. The summed E-state index contributed by atoms with van der Waals surface area (Å²) in [6.07, 6.45) is 4.45. The van der Waals surface area contributed by atoms with Crippen molar-refractivity contribution in [3.63, 3.8) is 0 Å². The molecule has 1 amide bonds. The van der Waals surface area contributed by atoms with Crippen molar-refractivity contribution in [3.8, 4) is 0 Å². The predicted molar refractivity (Wildman–Crippen MR) is 113 cm³/mol. The van der Waals surface area contributed by atoms with Gasteiger partial charge in [-0.05, 0) is 56.4 Å². The number of piperidine rings is 1. The Labute approximate surface area is 172 Å². The summed E-state index contributed by atoms with van der Waals surface area (Å²) in [4.78, 5) is 17.4. The Kier molecular flexibility index (Phi) is 6.24. The van der Waals surface area contributed by atoms with E-state index in [9.17, 15) is 4.79 Å². The fourth-order valence-electron chi connectivity index (χ4n) is 4.52. The largest absolute Gasteiger partial charge is 0.379 e. The number of hydrogen-bond donors (Lipinski definition) is 0. The lowest BCUT2D eigenvalue weighted by atomic mass is 10.1. The third-order valence-electron chi connectivity index (χ3n) is 6.20. The minimum absolute atomic E-state index is 0.231. The zero-order valence-electron chi connectivity index (χ0n) is 16.8. The van der Waals surface area contributed by atoms with Crippen molar-refractivity contribution < 1.29 is 9.53 Å². The van der Waals surface area contributed by atoms with E-state index < -0.39 is 0 Å². The molecule has 2 aliphatic rings. The molecular weight excluding hydrogens is 374 g/mol. The molecule has 0 saturated carbocycles. The summed E-state index contributed by atoms with van der Waals surface area (Å²) in [5.74, 6) is 0.231. The quantitative estimate of drug-likeness (QED) is 0.766. The molecule has 2 aliphatic heterocycles. The van der Waals surface area contributed by atoms with E-state index in [0.717, 1.165) is 75.7 Å². The molecule has 6 heteroatoms. The van der Waals surface area contributed by atoms with Crippen molar-refractivity contribution in [2.75, 3.05) is 45.9 Å². The maximum atomic E-state index is 12.9. The van der Waals surface area contributed by atoms with Gasteiger partial charge in [0, 0.05) is 54.3 Å². The second-order valence-corrected chi connectivity index (χ2v) is 8.39. The van der Waals surface area contributed by atoms with Gasteiger partial charge in [-0.1, -0.05) is 11.6 Å². The van der Waals surface area contributed by atoms with E-state index in [1.165, 1.54) is 23.1 Å². The number of hydrogen-bond acceptors (Lipinski definition) is 3. The molecule has 0 radical (unpaired) electrons. The standard InChI is InChI=1S/C22H30ClN3O2/c1-17-19(7-10-24-11-13-28-14-12-24)20-15-18(23)5-6-21(20)26(17)16-22(27)25-8-3-2-4-9-25/h5-6,15H,2-4,7-14,16H2,1H3. The second kappa shape index (κ2) is 8.85. The van der Waals surface area contributed by atoms with E-state index in [1.54, 1.807) is 0 Å². The van der Waals surface area contributed by atoms with Crippen LogP contribution in [-0.2, 0) is 22.5 Å². The van der Waals surface area contributed by atoms with Crippen LogP contribution in [0.15, 0.2) is 18.2 Å². The van der Waals surface area contributed by atoms with Crippen LogP contribution in [0.25, 0.3) is 10.9 Å². The number of nitrogens with zero attached hydrogens (tertiary/aromatic N) is 3. The third-order valence-corrected chi connectivity index (χ3v) is 6.44. The second-order valence-electron chi connectivity index (χ2n) is 7.96. The van der Waals surface area contributed by atoms with Crippen molar-refractivity contribution >= 4 is 28.4 Å². The lowest BCUT2D eigenvalue weighted by Gasteiger charge is -2.27. The maximum absolute atomic E-state index is 12.9. The van der Waals surface area contributed by atoms with E-state index in [4.69, 9.17) is 16.3 Å². The lowest BCUT2D eigenvalue weighted by Crippen LogP contribution is -2.38. The van der Waals surface area contributed by atoms with Crippen molar-refractivity contribution in [3.05, 3.63) is 34.5 Å². The Morgan fingerprint density at radius 1 is 1.11 bits per heavy atom. The SMILES string of the molecule is Cc1c(CCN2CCOCC2)c2cc(Cl)ccc2n1CC(=O)N1CCCCC1. The molecule has 1 aromatic heterocycles. The summed E-state index contributed by atoms with van der Waals surface area (Å²) >= 11 is 6.32. The molecule has 28 heavy (non-hydrogen) atoms. The van der Waals surface area contributed by atoms with E-state index >= 15 is 0 Å². The van der Waals surface area contributed by atoms with Crippen LogP contribution >= 0.6 is 11.6 Å². The lowest BCUT2D eigenvalue weighted by molar-refractivity contribution is -0.132. The van der Waals surface area contributed by atoms with Crippen LogP contribution in [0.2, 0.25) is 5.02 Å². The highest BCUT2D eigenvalue weighted by atomic mass is 35.5. The van der Waals surface area contributed by atoms with E-state index in [-0.39, 0.29) is 5.91 Å².